The molecule has 2 heterocycles. The monoisotopic (exact) mass is 426 g/mol. The van der Waals surface area contributed by atoms with Crippen molar-refractivity contribution in [3.63, 3.8) is 0 Å². The number of carbonyl (C=O) groups excluding carboxylic acids is 1. The number of hydrogen-bond donors (Lipinski definition) is 1. The van der Waals surface area contributed by atoms with Crippen molar-refractivity contribution in [2.24, 2.45) is 0 Å². The summed E-state index contributed by atoms with van der Waals surface area (Å²) in [6.07, 6.45) is 5.41. The maximum Gasteiger partial charge on any atom is 0.251 e. The molecule has 1 saturated heterocycles. The quantitative estimate of drug-likeness (QED) is 0.608. The van der Waals surface area contributed by atoms with Crippen LogP contribution in [0.5, 0.6) is 0 Å². The van der Waals surface area contributed by atoms with E-state index in [1.165, 1.54) is 40.0 Å². The van der Waals surface area contributed by atoms with Crippen LogP contribution < -0.4 is 10.9 Å². The van der Waals surface area contributed by atoms with Crippen molar-refractivity contribution < 1.29 is 13.2 Å². The number of carbonyl (C=O) groups is 1. The molecule has 0 aromatic carbocycles. The van der Waals surface area contributed by atoms with Crippen molar-refractivity contribution in [3.8, 4) is 0 Å². The molecular weight excluding hydrogens is 392 g/mol. The van der Waals surface area contributed by atoms with Crippen LogP contribution in [0.15, 0.2) is 28.0 Å². The average Bonchev–Trinajstić information content (AvgIpc) is 2.69. The number of likely N-dealkylation sites (tertiary alicyclic amines) is 1. The first-order valence-corrected chi connectivity index (χ1v) is 12.0. The van der Waals surface area contributed by atoms with Crippen LogP contribution in [0.1, 0.15) is 46.5 Å². The number of nitrogens with one attached hydrogen (secondary N) is 1. The largest absolute Gasteiger partial charge is 0.352 e. The Morgan fingerprint density at radius 1 is 1.17 bits per heavy atom. The molecule has 1 amide bonds. The van der Waals surface area contributed by atoms with Crippen LogP contribution in [-0.4, -0.2) is 66.9 Å². The minimum atomic E-state index is -3.68. The highest BCUT2D eigenvalue weighted by atomic mass is 32.2. The van der Waals surface area contributed by atoms with E-state index in [0.29, 0.717) is 13.1 Å². The summed E-state index contributed by atoms with van der Waals surface area (Å²) in [5, 5.41) is 2.99. The lowest BCUT2D eigenvalue weighted by Gasteiger charge is -2.32. The van der Waals surface area contributed by atoms with E-state index in [1.807, 2.05) is 0 Å². The average molecular weight is 427 g/mol. The van der Waals surface area contributed by atoms with Crippen molar-refractivity contribution in [3.05, 3.63) is 28.7 Å². The molecule has 8 nitrogen and oxygen atoms in total. The summed E-state index contributed by atoms with van der Waals surface area (Å²) >= 11 is 0. The third kappa shape index (κ3) is 6.38. The lowest BCUT2D eigenvalue weighted by atomic mass is 10.0. The van der Waals surface area contributed by atoms with Gasteiger partial charge >= 0.3 is 0 Å². The van der Waals surface area contributed by atoms with Gasteiger partial charge in [-0.15, -0.1) is 0 Å². The van der Waals surface area contributed by atoms with Crippen molar-refractivity contribution in [2.75, 3.05) is 32.7 Å². The molecule has 0 unspecified atom stereocenters. The van der Waals surface area contributed by atoms with Crippen molar-refractivity contribution in [1.82, 2.24) is 19.1 Å². The zero-order valence-electron chi connectivity index (χ0n) is 17.8. The Morgan fingerprint density at radius 3 is 2.41 bits per heavy atom. The summed E-state index contributed by atoms with van der Waals surface area (Å²) < 4.78 is 27.8. The van der Waals surface area contributed by atoms with Crippen molar-refractivity contribution in [1.29, 1.82) is 0 Å². The van der Waals surface area contributed by atoms with Crippen LogP contribution in [0.2, 0.25) is 0 Å². The second-order valence-corrected chi connectivity index (χ2v) is 9.40. The van der Waals surface area contributed by atoms with Gasteiger partial charge in [0.2, 0.25) is 15.9 Å². The lowest BCUT2D eigenvalue weighted by molar-refractivity contribution is -0.122. The van der Waals surface area contributed by atoms with Gasteiger partial charge in [0.15, 0.2) is 0 Å². The summed E-state index contributed by atoms with van der Waals surface area (Å²) in [5.74, 6) is -0.267. The number of hydrogen-bond acceptors (Lipinski definition) is 5. The van der Waals surface area contributed by atoms with E-state index >= 15 is 0 Å². The molecule has 0 spiro atoms. The number of amides is 1. The zero-order valence-corrected chi connectivity index (χ0v) is 18.6. The molecule has 0 bridgehead atoms. The van der Waals surface area contributed by atoms with E-state index in [-0.39, 0.29) is 23.4 Å². The number of pyridine rings is 1. The Bertz CT molecular complexity index is 825. The van der Waals surface area contributed by atoms with Crippen LogP contribution in [-0.2, 0) is 21.4 Å². The molecule has 0 saturated carbocycles. The molecule has 29 heavy (non-hydrogen) atoms. The highest BCUT2D eigenvalue weighted by Crippen LogP contribution is 2.14. The molecule has 0 aliphatic carbocycles. The Morgan fingerprint density at radius 2 is 1.83 bits per heavy atom. The fourth-order valence-corrected chi connectivity index (χ4v) is 5.09. The molecule has 1 aliphatic rings. The predicted octanol–water partition coefficient (Wildman–Crippen LogP) is 1.26. The first-order chi connectivity index (χ1) is 13.8. The molecule has 164 valence electrons. The topological polar surface area (TPSA) is 91.7 Å². The summed E-state index contributed by atoms with van der Waals surface area (Å²) in [4.78, 5) is 27.0. The highest BCUT2D eigenvalue weighted by molar-refractivity contribution is 7.89. The minimum Gasteiger partial charge on any atom is -0.352 e. The van der Waals surface area contributed by atoms with Crippen LogP contribution in [0, 0.1) is 0 Å². The number of unbranched alkanes of at least 4 members (excludes halogenated alkanes) is 1. The van der Waals surface area contributed by atoms with Gasteiger partial charge in [-0.1, -0.05) is 27.2 Å². The number of piperidine rings is 1. The van der Waals surface area contributed by atoms with Crippen LogP contribution in [0.3, 0.4) is 0 Å². The summed E-state index contributed by atoms with van der Waals surface area (Å²) in [7, 11) is -3.68. The minimum absolute atomic E-state index is 0.0258. The lowest BCUT2D eigenvalue weighted by Crippen LogP contribution is -2.46. The summed E-state index contributed by atoms with van der Waals surface area (Å²) in [6, 6.07) is 2.60. The smallest absolute Gasteiger partial charge is 0.251 e. The Hall–Kier alpha value is -1.71. The van der Waals surface area contributed by atoms with Crippen LogP contribution >= 0.6 is 0 Å². The van der Waals surface area contributed by atoms with E-state index in [9.17, 15) is 18.0 Å². The van der Waals surface area contributed by atoms with E-state index < -0.39 is 15.6 Å². The van der Waals surface area contributed by atoms with E-state index in [0.717, 1.165) is 32.5 Å². The normalized spacial score (nSPS) is 16.3. The molecule has 1 aromatic rings. The van der Waals surface area contributed by atoms with Gasteiger partial charge in [0, 0.05) is 44.5 Å². The number of nitrogens with zero attached hydrogens (tertiary/aromatic N) is 3. The fourth-order valence-electron chi connectivity index (χ4n) is 3.61. The SMILES string of the molecule is CCCCN1CCC(NC(=O)Cn2cc(S(=O)(=O)N(CC)CC)ccc2=O)CC1. The summed E-state index contributed by atoms with van der Waals surface area (Å²) in [6.45, 7) is 9.22. The molecule has 9 heteroatoms. The predicted molar refractivity (Wildman–Crippen MR) is 113 cm³/mol. The van der Waals surface area contributed by atoms with Gasteiger partial charge < -0.3 is 14.8 Å². The van der Waals surface area contributed by atoms with Gasteiger partial charge in [-0.05, 0) is 31.9 Å². The van der Waals surface area contributed by atoms with Crippen LogP contribution in [0.25, 0.3) is 0 Å². The van der Waals surface area contributed by atoms with Crippen molar-refractivity contribution in [2.45, 2.75) is 63.9 Å². The molecule has 1 aromatic heterocycles. The first-order valence-electron chi connectivity index (χ1n) is 10.5. The number of sulfonamides is 1. The standard InChI is InChI=1S/C20H34N4O4S/c1-4-7-12-22-13-10-17(11-14-22)21-19(25)16-23-15-18(8-9-20(23)26)29(27,28)24(5-2)6-3/h8-9,15,17H,4-7,10-14,16H2,1-3H3,(H,21,25). The molecule has 0 radical (unpaired) electrons. The van der Waals surface area contributed by atoms with E-state index in [1.54, 1.807) is 13.8 Å². The van der Waals surface area contributed by atoms with E-state index in [2.05, 4.69) is 17.1 Å². The third-order valence-electron chi connectivity index (χ3n) is 5.39. The Balaban J connectivity index is 2.00. The molecule has 1 fully saturated rings. The highest BCUT2D eigenvalue weighted by Gasteiger charge is 2.23. The van der Waals surface area contributed by atoms with E-state index in [4.69, 9.17) is 0 Å². The molecule has 1 aliphatic heterocycles. The Labute approximate surface area is 173 Å². The van der Waals surface area contributed by atoms with Gasteiger partial charge in [0.25, 0.3) is 5.56 Å². The van der Waals surface area contributed by atoms with Crippen LogP contribution in [0.4, 0.5) is 0 Å². The third-order valence-corrected chi connectivity index (χ3v) is 7.43. The maximum atomic E-state index is 12.7. The zero-order chi connectivity index (χ0) is 21.4. The first kappa shape index (κ1) is 23.6. The Kier molecular flexibility index (Phi) is 8.85. The fraction of sp³-hybridized carbons (Fsp3) is 0.700. The summed E-state index contributed by atoms with van der Waals surface area (Å²) in [5.41, 5.74) is -0.395. The molecule has 2 rings (SSSR count). The number of aromatic nitrogens is 1. The van der Waals surface area contributed by atoms with Gasteiger partial charge in [-0.2, -0.15) is 4.31 Å². The van der Waals surface area contributed by atoms with Gasteiger partial charge in [0.05, 0.1) is 4.90 Å². The number of rotatable bonds is 10. The van der Waals surface area contributed by atoms with Crippen molar-refractivity contribution >= 4 is 15.9 Å². The van der Waals surface area contributed by atoms with Gasteiger partial charge in [-0.25, -0.2) is 8.42 Å². The van der Waals surface area contributed by atoms with Gasteiger partial charge in [-0.3, -0.25) is 9.59 Å². The molecular formula is C20H34N4O4S. The molecule has 0 atom stereocenters. The second kappa shape index (κ2) is 10.9. The van der Waals surface area contributed by atoms with Gasteiger partial charge in [0.1, 0.15) is 6.54 Å². The second-order valence-electron chi connectivity index (χ2n) is 7.46. The maximum absolute atomic E-state index is 12.7. The molecule has 1 N–H and O–H groups in total.